The van der Waals surface area contributed by atoms with Gasteiger partial charge in [0.1, 0.15) is 5.75 Å². The van der Waals surface area contributed by atoms with Gasteiger partial charge < -0.3 is 15.8 Å². The van der Waals surface area contributed by atoms with Gasteiger partial charge in [-0.1, -0.05) is 18.2 Å². The summed E-state index contributed by atoms with van der Waals surface area (Å²) in [5, 5.41) is 3.38. The van der Waals surface area contributed by atoms with Crippen molar-refractivity contribution in [2.24, 2.45) is 0 Å². The van der Waals surface area contributed by atoms with Crippen LogP contribution in [0.5, 0.6) is 5.75 Å². The molecule has 0 atom stereocenters. The highest BCUT2D eigenvalue weighted by Gasteiger charge is 1.99. The first-order chi connectivity index (χ1) is 9.25. The normalized spacial score (nSPS) is 10.2. The lowest BCUT2D eigenvalue weighted by Crippen LogP contribution is -2.08. The van der Waals surface area contributed by atoms with E-state index in [1.165, 1.54) is 0 Å². The van der Waals surface area contributed by atoms with E-state index >= 15 is 0 Å². The number of benzene rings is 2. The number of anilines is 2. The fraction of sp³-hybridized carbons (Fsp3) is 0.200. The third kappa shape index (κ3) is 4.63. The van der Waals surface area contributed by atoms with Crippen molar-refractivity contribution in [3.05, 3.63) is 52.1 Å². The number of hydrogen-bond donors (Lipinski definition) is 2. The quantitative estimate of drug-likeness (QED) is 0.464. The van der Waals surface area contributed by atoms with Crippen LogP contribution in [0.3, 0.4) is 0 Å². The highest BCUT2D eigenvalue weighted by atomic mass is 127. The number of hydrogen-bond acceptors (Lipinski definition) is 3. The summed E-state index contributed by atoms with van der Waals surface area (Å²) in [4.78, 5) is 0. The lowest BCUT2D eigenvalue weighted by molar-refractivity contribution is 0.315. The molecular weight excluding hydrogens is 351 g/mol. The number of nitrogens with two attached hydrogens (primary N) is 1. The minimum absolute atomic E-state index is 0.711. The van der Waals surface area contributed by atoms with Crippen molar-refractivity contribution in [3.63, 3.8) is 0 Å². The fourth-order valence-electron chi connectivity index (χ4n) is 1.68. The van der Waals surface area contributed by atoms with E-state index < -0.39 is 0 Å². The molecule has 0 fully saturated rings. The molecule has 2 aromatic rings. The Labute approximate surface area is 127 Å². The second kappa shape index (κ2) is 7.23. The van der Waals surface area contributed by atoms with Crippen LogP contribution < -0.4 is 15.8 Å². The molecule has 0 saturated heterocycles. The van der Waals surface area contributed by atoms with Crippen LogP contribution in [0.4, 0.5) is 11.4 Å². The third-order valence-electron chi connectivity index (χ3n) is 2.64. The maximum atomic E-state index is 5.72. The Morgan fingerprint density at radius 2 is 1.89 bits per heavy atom. The average molecular weight is 368 g/mol. The topological polar surface area (TPSA) is 47.3 Å². The Balaban J connectivity index is 1.69. The van der Waals surface area contributed by atoms with Crippen molar-refractivity contribution in [3.8, 4) is 5.75 Å². The Bertz CT molecular complexity index is 517. The van der Waals surface area contributed by atoms with Crippen molar-refractivity contribution in [1.82, 2.24) is 0 Å². The summed E-state index contributed by atoms with van der Waals surface area (Å²) in [6.45, 7) is 1.59. The summed E-state index contributed by atoms with van der Waals surface area (Å²) in [5.41, 5.74) is 7.63. The third-order valence-corrected chi connectivity index (χ3v) is 3.53. The molecule has 19 heavy (non-hydrogen) atoms. The van der Waals surface area contributed by atoms with E-state index in [1.54, 1.807) is 0 Å². The van der Waals surface area contributed by atoms with Crippen LogP contribution in [0.25, 0.3) is 0 Å². The van der Waals surface area contributed by atoms with Crippen molar-refractivity contribution >= 4 is 34.0 Å². The zero-order valence-corrected chi connectivity index (χ0v) is 12.8. The molecule has 0 aliphatic heterocycles. The molecule has 0 aliphatic carbocycles. The SMILES string of the molecule is Nc1ccc(NCCCOc2ccccc2)c(I)c1. The molecule has 0 bridgehead atoms. The van der Waals surface area contributed by atoms with Gasteiger partial charge in [0.25, 0.3) is 0 Å². The molecule has 0 amide bonds. The summed E-state index contributed by atoms with van der Waals surface area (Å²) in [5.74, 6) is 0.921. The molecule has 0 aromatic heterocycles. The lowest BCUT2D eigenvalue weighted by Gasteiger charge is -2.10. The molecule has 3 nitrogen and oxygen atoms in total. The summed E-state index contributed by atoms with van der Waals surface area (Å²) in [7, 11) is 0. The first kappa shape index (κ1) is 14.0. The van der Waals surface area contributed by atoms with Gasteiger partial charge in [0.05, 0.1) is 6.61 Å². The molecule has 4 heteroatoms. The Morgan fingerprint density at radius 1 is 1.11 bits per heavy atom. The molecule has 2 rings (SSSR count). The van der Waals surface area contributed by atoms with E-state index in [-0.39, 0.29) is 0 Å². The van der Waals surface area contributed by atoms with Gasteiger partial charge in [-0.05, 0) is 59.3 Å². The number of halogens is 1. The minimum atomic E-state index is 0.711. The largest absolute Gasteiger partial charge is 0.494 e. The summed E-state index contributed by atoms with van der Waals surface area (Å²) >= 11 is 2.28. The van der Waals surface area contributed by atoms with Crippen LogP contribution in [0.15, 0.2) is 48.5 Å². The predicted molar refractivity (Wildman–Crippen MR) is 88.6 cm³/mol. The van der Waals surface area contributed by atoms with Crippen LogP contribution in [0, 0.1) is 3.57 Å². The number of ether oxygens (including phenoxy) is 1. The van der Waals surface area contributed by atoms with Gasteiger partial charge in [0.15, 0.2) is 0 Å². The average Bonchev–Trinajstić information content (AvgIpc) is 2.42. The van der Waals surface area contributed by atoms with Crippen molar-refractivity contribution in [2.75, 3.05) is 24.2 Å². The number of rotatable bonds is 6. The Kier molecular flexibility index (Phi) is 5.32. The van der Waals surface area contributed by atoms with E-state index in [2.05, 4.69) is 27.9 Å². The highest BCUT2D eigenvalue weighted by molar-refractivity contribution is 14.1. The molecule has 0 saturated carbocycles. The zero-order valence-electron chi connectivity index (χ0n) is 10.6. The van der Waals surface area contributed by atoms with Gasteiger partial charge in [-0.25, -0.2) is 0 Å². The minimum Gasteiger partial charge on any atom is -0.494 e. The number of para-hydroxylation sites is 1. The summed E-state index contributed by atoms with van der Waals surface area (Å²) < 4.78 is 6.77. The number of nitrogen functional groups attached to an aromatic ring is 1. The second-order valence-electron chi connectivity index (χ2n) is 4.18. The number of nitrogens with one attached hydrogen (secondary N) is 1. The Morgan fingerprint density at radius 3 is 2.63 bits per heavy atom. The molecule has 100 valence electrons. The molecule has 2 aromatic carbocycles. The van der Waals surface area contributed by atoms with Gasteiger partial charge in [-0.2, -0.15) is 0 Å². The monoisotopic (exact) mass is 368 g/mol. The van der Waals surface area contributed by atoms with Crippen LogP contribution in [0.1, 0.15) is 6.42 Å². The first-order valence-corrected chi connectivity index (χ1v) is 7.30. The molecule has 0 unspecified atom stereocenters. The van der Waals surface area contributed by atoms with Crippen molar-refractivity contribution in [2.45, 2.75) is 6.42 Å². The van der Waals surface area contributed by atoms with E-state index in [0.717, 1.165) is 33.7 Å². The van der Waals surface area contributed by atoms with Gasteiger partial charge in [0, 0.05) is 21.5 Å². The van der Waals surface area contributed by atoms with Gasteiger partial charge in [-0.15, -0.1) is 0 Å². The van der Waals surface area contributed by atoms with E-state index in [1.807, 2.05) is 48.5 Å². The van der Waals surface area contributed by atoms with Crippen LogP contribution in [-0.2, 0) is 0 Å². The standard InChI is InChI=1S/C15H17IN2O/c16-14-11-12(17)7-8-15(14)18-9-4-10-19-13-5-2-1-3-6-13/h1-3,5-8,11,18H,4,9-10,17H2. The van der Waals surface area contributed by atoms with E-state index in [4.69, 9.17) is 10.5 Å². The molecular formula is C15H17IN2O. The maximum absolute atomic E-state index is 5.72. The van der Waals surface area contributed by atoms with Crippen molar-refractivity contribution < 1.29 is 4.74 Å². The second-order valence-corrected chi connectivity index (χ2v) is 5.34. The van der Waals surface area contributed by atoms with Gasteiger partial charge >= 0.3 is 0 Å². The molecule has 0 radical (unpaired) electrons. The molecule has 3 N–H and O–H groups in total. The van der Waals surface area contributed by atoms with Crippen LogP contribution in [-0.4, -0.2) is 13.2 Å². The highest BCUT2D eigenvalue weighted by Crippen LogP contribution is 2.20. The molecule has 0 aliphatic rings. The predicted octanol–water partition coefficient (Wildman–Crippen LogP) is 3.75. The zero-order chi connectivity index (χ0) is 13.5. The van der Waals surface area contributed by atoms with Crippen molar-refractivity contribution in [1.29, 1.82) is 0 Å². The Hall–Kier alpha value is -1.43. The van der Waals surface area contributed by atoms with E-state index in [9.17, 15) is 0 Å². The maximum Gasteiger partial charge on any atom is 0.119 e. The van der Waals surface area contributed by atoms with Gasteiger partial charge in [0.2, 0.25) is 0 Å². The molecule has 0 spiro atoms. The van der Waals surface area contributed by atoms with Gasteiger partial charge in [-0.3, -0.25) is 0 Å². The van der Waals surface area contributed by atoms with Crippen LogP contribution >= 0.6 is 22.6 Å². The summed E-state index contributed by atoms with van der Waals surface area (Å²) in [6.07, 6.45) is 0.954. The molecule has 0 heterocycles. The smallest absolute Gasteiger partial charge is 0.119 e. The van der Waals surface area contributed by atoms with Crippen LogP contribution in [0.2, 0.25) is 0 Å². The summed E-state index contributed by atoms with van der Waals surface area (Å²) in [6, 6.07) is 15.8. The lowest BCUT2D eigenvalue weighted by atomic mass is 10.3. The first-order valence-electron chi connectivity index (χ1n) is 6.22. The fourth-order valence-corrected chi connectivity index (χ4v) is 2.41. The van der Waals surface area contributed by atoms with E-state index in [0.29, 0.717) is 6.61 Å².